The Labute approximate surface area is 129 Å². The molecule has 1 aliphatic rings. The van der Waals surface area contributed by atoms with Crippen LogP contribution in [0.4, 0.5) is 11.4 Å². The van der Waals surface area contributed by atoms with Gasteiger partial charge >= 0.3 is 0 Å². The number of amides is 2. The van der Waals surface area contributed by atoms with E-state index in [1.165, 1.54) is 0 Å². The first kappa shape index (κ1) is 14.3. The molecule has 3 rings (SSSR count). The summed E-state index contributed by atoms with van der Waals surface area (Å²) < 4.78 is 0. The molecular weight excluding hydrogens is 278 g/mol. The van der Waals surface area contributed by atoms with Crippen LogP contribution < -0.4 is 10.2 Å². The van der Waals surface area contributed by atoms with Gasteiger partial charge in [-0.05, 0) is 43.2 Å². The van der Waals surface area contributed by atoms with Crippen molar-refractivity contribution in [2.45, 2.75) is 19.3 Å². The van der Waals surface area contributed by atoms with Crippen LogP contribution in [-0.2, 0) is 4.79 Å². The van der Waals surface area contributed by atoms with Crippen molar-refractivity contribution in [2.75, 3.05) is 16.8 Å². The van der Waals surface area contributed by atoms with Crippen LogP contribution in [0.1, 0.15) is 29.8 Å². The third-order valence-electron chi connectivity index (χ3n) is 3.64. The van der Waals surface area contributed by atoms with Crippen LogP contribution in [0.2, 0.25) is 0 Å². The van der Waals surface area contributed by atoms with Crippen LogP contribution in [0, 0.1) is 0 Å². The topological polar surface area (TPSA) is 62.3 Å². The average molecular weight is 295 g/mol. The molecule has 0 aliphatic carbocycles. The van der Waals surface area contributed by atoms with E-state index in [4.69, 9.17) is 0 Å². The van der Waals surface area contributed by atoms with Gasteiger partial charge in [-0.3, -0.25) is 14.6 Å². The maximum atomic E-state index is 12.1. The molecule has 0 spiro atoms. The zero-order chi connectivity index (χ0) is 15.4. The van der Waals surface area contributed by atoms with Gasteiger partial charge in [0.1, 0.15) is 5.69 Å². The quantitative estimate of drug-likeness (QED) is 0.947. The van der Waals surface area contributed by atoms with Crippen molar-refractivity contribution in [1.82, 2.24) is 4.98 Å². The Morgan fingerprint density at radius 3 is 2.82 bits per heavy atom. The van der Waals surface area contributed by atoms with E-state index in [2.05, 4.69) is 10.3 Å². The lowest BCUT2D eigenvalue weighted by Crippen LogP contribution is -2.35. The first-order chi connectivity index (χ1) is 10.7. The van der Waals surface area contributed by atoms with Gasteiger partial charge in [-0.25, -0.2) is 0 Å². The lowest BCUT2D eigenvalue weighted by atomic mass is 10.1. The number of aromatic nitrogens is 1. The van der Waals surface area contributed by atoms with Crippen LogP contribution in [-0.4, -0.2) is 23.3 Å². The predicted molar refractivity (Wildman–Crippen MR) is 84.8 cm³/mol. The first-order valence-corrected chi connectivity index (χ1v) is 7.37. The van der Waals surface area contributed by atoms with E-state index >= 15 is 0 Å². The predicted octanol–water partition coefficient (Wildman–Crippen LogP) is 2.85. The largest absolute Gasteiger partial charge is 0.321 e. The van der Waals surface area contributed by atoms with Crippen LogP contribution in [0.5, 0.6) is 0 Å². The molecule has 2 aromatic rings. The van der Waals surface area contributed by atoms with Gasteiger partial charge in [-0.1, -0.05) is 12.1 Å². The van der Waals surface area contributed by atoms with E-state index in [-0.39, 0.29) is 11.8 Å². The zero-order valence-electron chi connectivity index (χ0n) is 12.2. The summed E-state index contributed by atoms with van der Waals surface area (Å²) >= 11 is 0. The fourth-order valence-corrected chi connectivity index (χ4v) is 2.52. The Morgan fingerprint density at radius 2 is 2.05 bits per heavy atom. The standard InChI is InChI=1S/C17H17N3O2/c21-16-9-2-4-11-20(16)14-7-5-6-13(12-14)19-17(22)15-8-1-3-10-18-15/h1,3,5-8,10,12H,2,4,9,11H2,(H,19,22). The molecule has 22 heavy (non-hydrogen) atoms. The number of nitrogens with zero attached hydrogens (tertiary/aromatic N) is 2. The Kier molecular flexibility index (Phi) is 4.14. The summed E-state index contributed by atoms with van der Waals surface area (Å²) in [6.45, 7) is 0.733. The van der Waals surface area contributed by atoms with Gasteiger partial charge in [0.25, 0.3) is 5.91 Å². The second-order valence-electron chi connectivity index (χ2n) is 5.22. The molecule has 1 aromatic carbocycles. The molecule has 2 heterocycles. The molecule has 1 fully saturated rings. The smallest absolute Gasteiger partial charge is 0.274 e. The summed E-state index contributed by atoms with van der Waals surface area (Å²) in [6, 6.07) is 12.5. The minimum atomic E-state index is -0.261. The third kappa shape index (κ3) is 3.14. The lowest BCUT2D eigenvalue weighted by molar-refractivity contribution is -0.119. The number of rotatable bonds is 3. The van der Waals surface area contributed by atoms with Crippen LogP contribution in [0.15, 0.2) is 48.7 Å². The minimum absolute atomic E-state index is 0.138. The Hall–Kier alpha value is -2.69. The van der Waals surface area contributed by atoms with Gasteiger partial charge in [0, 0.05) is 30.5 Å². The normalized spacial score (nSPS) is 14.7. The van der Waals surface area contributed by atoms with E-state index in [9.17, 15) is 9.59 Å². The number of nitrogens with one attached hydrogen (secondary N) is 1. The lowest BCUT2D eigenvalue weighted by Gasteiger charge is -2.27. The first-order valence-electron chi connectivity index (χ1n) is 7.37. The van der Waals surface area contributed by atoms with Crippen molar-refractivity contribution in [3.05, 3.63) is 54.4 Å². The Balaban J connectivity index is 1.76. The molecule has 1 N–H and O–H groups in total. The number of benzene rings is 1. The number of hydrogen-bond donors (Lipinski definition) is 1. The number of carbonyl (C=O) groups is 2. The number of anilines is 2. The van der Waals surface area contributed by atoms with Crippen molar-refractivity contribution in [3.8, 4) is 0 Å². The Bertz CT molecular complexity index is 685. The summed E-state index contributed by atoms with van der Waals surface area (Å²) in [5, 5.41) is 2.81. The molecule has 0 radical (unpaired) electrons. The molecule has 112 valence electrons. The number of carbonyl (C=O) groups excluding carboxylic acids is 2. The van der Waals surface area contributed by atoms with Crippen molar-refractivity contribution in [2.24, 2.45) is 0 Å². The van der Waals surface area contributed by atoms with Gasteiger partial charge in [0.2, 0.25) is 5.91 Å². The van der Waals surface area contributed by atoms with E-state index in [0.717, 1.165) is 25.1 Å². The van der Waals surface area contributed by atoms with Crippen molar-refractivity contribution >= 4 is 23.2 Å². The second-order valence-corrected chi connectivity index (χ2v) is 5.22. The fourth-order valence-electron chi connectivity index (χ4n) is 2.52. The van der Waals surface area contributed by atoms with Gasteiger partial charge in [0.05, 0.1) is 0 Å². The second kappa shape index (κ2) is 6.39. The van der Waals surface area contributed by atoms with Crippen LogP contribution >= 0.6 is 0 Å². The highest BCUT2D eigenvalue weighted by molar-refractivity contribution is 6.03. The average Bonchev–Trinajstić information content (AvgIpc) is 2.56. The maximum Gasteiger partial charge on any atom is 0.274 e. The molecule has 1 aliphatic heterocycles. The molecule has 2 amide bonds. The van der Waals surface area contributed by atoms with Gasteiger partial charge in [-0.15, -0.1) is 0 Å². The highest BCUT2D eigenvalue weighted by Crippen LogP contribution is 2.24. The number of hydrogen-bond acceptors (Lipinski definition) is 3. The van der Waals surface area contributed by atoms with Crippen molar-refractivity contribution in [1.29, 1.82) is 0 Å². The van der Waals surface area contributed by atoms with Crippen molar-refractivity contribution < 1.29 is 9.59 Å². The fraction of sp³-hybridized carbons (Fsp3) is 0.235. The van der Waals surface area contributed by atoms with Crippen molar-refractivity contribution in [3.63, 3.8) is 0 Å². The van der Waals surface area contributed by atoms with Gasteiger partial charge < -0.3 is 10.2 Å². The third-order valence-corrected chi connectivity index (χ3v) is 3.64. The number of pyridine rings is 1. The van der Waals surface area contributed by atoms with E-state index < -0.39 is 0 Å². The molecule has 5 heteroatoms. The van der Waals surface area contributed by atoms with Crippen LogP contribution in [0.25, 0.3) is 0 Å². The molecule has 0 bridgehead atoms. The summed E-state index contributed by atoms with van der Waals surface area (Å²) in [6.07, 6.45) is 4.13. The molecular formula is C17H17N3O2. The van der Waals surface area contributed by atoms with Gasteiger partial charge in [0.15, 0.2) is 0 Å². The van der Waals surface area contributed by atoms with E-state index in [1.807, 2.05) is 18.2 Å². The summed E-state index contributed by atoms with van der Waals surface area (Å²) in [5.41, 5.74) is 1.84. The van der Waals surface area contributed by atoms with E-state index in [0.29, 0.717) is 17.8 Å². The summed E-state index contributed by atoms with van der Waals surface area (Å²) in [5.74, 6) is -0.123. The maximum absolute atomic E-state index is 12.1. The molecule has 1 aromatic heterocycles. The van der Waals surface area contributed by atoms with Crippen LogP contribution in [0.3, 0.4) is 0 Å². The zero-order valence-corrected chi connectivity index (χ0v) is 12.2. The number of piperidine rings is 1. The Morgan fingerprint density at radius 1 is 1.14 bits per heavy atom. The minimum Gasteiger partial charge on any atom is -0.321 e. The molecule has 0 saturated carbocycles. The highest BCUT2D eigenvalue weighted by atomic mass is 16.2. The SMILES string of the molecule is O=C(Nc1cccc(N2CCCCC2=O)c1)c1ccccn1. The summed E-state index contributed by atoms with van der Waals surface area (Å²) in [7, 11) is 0. The highest BCUT2D eigenvalue weighted by Gasteiger charge is 2.19. The van der Waals surface area contributed by atoms with E-state index in [1.54, 1.807) is 35.4 Å². The monoisotopic (exact) mass is 295 g/mol. The molecule has 0 unspecified atom stereocenters. The molecule has 0 atom stereocenters. The summed E-state index contributed by atoms with van der Waals surface area (Å²) in [4.78, 5) is 29.9. The molecule has 5 nitrogen and oxygen atoms in total. The van der Waals surface area contributed by atoms with Gasteiger partial charge in [-0.2, -0.15) is 0 Å². The molecule has 1 saturated heterocycles.